The molecule has 0 bridgehead atoms. The summed E-state index contributed by atoms with van der Waals surface area (Å²) in [6.07, 6.45) is -4.62. The molecule has 5 nitrogen and oxygen atoms in total. The lowest BCUT2D eigenvalue weighted by atomic mass is 10.1. The van der Waals surface area contributed by atoms with Crippen LogP contribution >= 0.6 is 11.6 Å². The lowest BCUT2D eigenvalue weighted by Crippen LogP contribution is -2.17. The molecular formula is C23H20ClF3N2O3S. The number of anilines is 2. The van der Waals surface area contributed by atoms with Gasteiger partial charge in [0.2, 0.25) is 0 Å². The fraction of sp³-hybridized carbons (Fsp3) is 0.174. The summed E-state index contributed by atoms with van der Waals surface area (Å²) in [5.74, 6) is -0.806. The topological polar surface area (TPSA) is 75.3 Å². The molecule has 0 unspecified atom stereocenters. The van der Waals surface area contributed by atoms with Crippen molar-refractivity contribution in [2.45, 2.75) is 31.8 Å². The van der Waals surface area contributed by atoms with E-state index >= 15 is 0 Å². The van der Waals surface area contributed by atoms with Gasteiger partial charge in [-0.05, 0) is 79.9 Å². The maximum Gasteiger partial charge on any atom is 0.416 e. The Morgan fingerprint density at radius 1 is 0.909 bits per heavy atom. The van der Waals surface area contributed by atoms with Crippen LogP contribution in [0.25, 0.3) is 0 Å². The Bertz CT molecular complexity index is 1320. The van der Waals surface area contributed by atoms with E-state index in [0.717, 1.165) is 29.3 Å². The van der Waals surface area contributed by atoms with Crippen molar-refractivity contribution in [3.63, 3.8) is 0 Å². The van der Waals surface area contributed by atoms with E-state index in [4.69, 9.17) is 11.6 Å². The molecule has 1 amide bonds. The maximum absolute atomic E-state index is 13.0. The summed E-state index contributed by atoms with van der Waals surface area (Å²) < 4.78 is 67.5. The first-order valence-corrected chi connectivity index (χ1v) is 11.5. The van der Waals surface area contributed by atoms with Crippen molar-refractivity contribution < 1.29 is 26.4 Å². The summed E-state index contributed by atoms with van der Waals surface area (Å²) in [4.78, 5) is 12.6. The molecule has 0 radical (unpaired) electrons. The van der Waals surface area contributed by atoms with Gasteiger partial charge in [0.15, 0.2) is 0 Å². The van der Waals surface area contributed by atoms with E-state index in [2.05, 4.69) is 10.0 Å². The number of carbonyl (C=O) groups excluding carboxylic acids is 1. The Labute approximate surface area is 194 Å². The number of aryl methyl sites for hydroxylation is 3. The van der Waals surface area contributed by atoms with Crippen molar-refractivity contribution in [3.05, 3.63) is 87.4 Å². The quantitative estimate of drug-likeness (QED) is 0.433. The lowest BCUT2D eigenvalue weighted by Gasteiger charge is -2.14. The third-order valence-corrected chi connectivity index (χ3v) is 6.61. The van der Waals surface area contributed by atoms with E-state index in [1.54, 1.807) is 19.1 Å². The third-order valence-electron chi connectivity index (χ3n) is 4.76. The van der Waals surface area contributed by atoms with Gasteiger partial charge in [-0.25, -0.2) is 8.42 Å². The number of hydrogen-bond donors (Lipinski definition) is 2. The average Bonchev–Trinajstić information content (AvgIpc) is 2.67. The molecule has 0 saturated heterocycles. The van der Waals surface area contributed by atoms with Crippen LogP contribution in [0.1, 0.15) is 32.6 Å². The third kappa shape index (κ3) is 5.85. The Balaban J connectivity index is 1.92. The highest BCUT2D eigenvalue weighted by Gasteiger charge is 2.31. The molecule has 174 valence electrons. The largest absolute Gasteiger partial charge is 0.416 e. The van der Waals surface area contributed by atoms with Gasteiger partial charge >= 0.3 is 6.18 Å². The molecule has 10 heteroatoms. The van der Waals surface area contributed by atoms with Crippen molar-refractivity contribution in [3.8, 4) is 0 Å². The molecule has 3 rings (SSSR count). The molecule has 0 atom stereocenters. The van der Waals surface area contributed by atoms with Gasteiger partial charge in [0.1, 0.15) is 0 Å². The fourth-order valence-corrected chi connectivity index (χ4v) is 4.74. The van der Waals surface area contributed by atoms with Crippen LogP contribution < -0.4 is 10.0 Å². The molecule has 0 saturated carbocycles. The maximum atomic E-state index is 13.0. The minimum Gasteiger partial charge on any atom is -0.321 e. The molecule has 33 heavy (non-hydrogen) atoms. The van der Waals surface area contributed by atoms with Gasteiger partial charge in [0.05, 0.1) is 21.2 Å². The second-order valence-corrected chi connectivity index (χ2v) is 9.67. The fourth-order valence-electron chi connectivity index (χ4n) is 3.27. The monoisotopic (exact) mass is 496 g/mol. The zero-order valence-corrected chi connectivity index (χ0v) is 19.4. The molecule has 0 spiro atoms. The molecule has 2 N–H and O–H groups in total. The van der Waals surface area contributed by atoms with Crippen molar-refractivity contribution in [2.75, 3.05) is 10.0 Å². The van der Waals surface area contributed by atoms with Crippen LogP contribution in [-0.2, 0) is 16.2 Å². The second-order valence-electron chi connectivity index (χ2n) is 7.61. The number of benzene rings is 3. The Hall–Kier alpha value is -3.04. The summed E-state index contributed by atoms with van der Waals surface area (Å²) in [5, 5.41) is 2.23. The van der Waals surface area contributed by atoms with E-state index in [0.29, 0.717) is 17.3 Å². The van der Waals surface area contributed by atoms with Gasteiger partial charge in [-0.1, -0.05) is 23.7 Å². The molecule has 0 fully saturated rings. The first kappa shape index (κ1) is 24.6. The smallest absolute Gasteiger partial charge is 0.321 e. The number of carbonyl (C=O) groups is 1. The lowest BCUT2D eigenvalue weighted by molar-refractivity contribution is -0.137. The summed E-state index contributed by atoms with van der Waals surface area (Å²) in [6.45, 7) is 5.24. The summed E-state index contributed by atoms with van der Waals surface area (Å²) >= 11 is 5.93. The van der Waals surface area contributed by atoms with Crippen molar-refractivity contribution in [2.24, 2.45) is 0 Å². The number of halogens is 4. The van der Waals surface area contributed by atoms with Gasteiger partial charge in [0.25, 0.3) is 15.9 Å². The second kappa shape index (κ2) is 9.07. The van der Waals surface area contributed by atoms with Crippen LogP contribution in [0, 0.1) is 20.8 Å². The molecule has 0 aliphatic carbocycles. The van der Waals surface area contributed by atoms with Crippen molar-refractivity contribution in [1.29, 1.82) is 0 Å². The number of hydrogen-bond acceptors (Lipinski definition) is 3. The van der Waals surface area contributed by atoms with Gasteiger partial charge in [-0.2, -0.15) is 13.2 Å². The van der Waals surface area contributed by atoms with Crippen molar-refractivity contribution >= 4 is 38.9 Å². The minimum absolute atomic E-state index is 0.0603. The van der Waals surface area contributed by atoms with Crippen LogP contribution in [-0.4, -0.2) is 14.3 Å². The molecular weight excluding hydrogens is 477 g/mol. The predicted octanol–water partition coefficient (Wildman–Crippen LogP) is 6.34. The Morgan fingerprint density at radius 3 is 2.15 bits per heavy atom. The van der Waals surface area contributed by atoms with E-state index in [-0.39, 0.29) is 21.2 Å². The Morgan fingerprint density at radius 2 is 1.55 bits per heavy atom. The SMILES string of the molecule is Cc1cc(C)cc(NS(=O)(=O)c2cc(C(=O)Nc3cc(C(F)(F)F)ccc3Cl)ccc2C)c1. The summed E-state index contributed by atoms with van der Waals surface area (Å²) in [7, 11) is -4.05. The number of sulfonamides is 1. The van der Waals surface area contributed by atoms with Gasteiger partial charge in [-0.15, -0.1) is 0 Å². The van der Waals surface area contributed by atoms with Gasteiger partial charge in [-0.3, -0.25) is 9.52 Å². The standard InChI is InChI=1S/C23H20ClF3N2O3S/c1-13-8-14(2)10-18(9-13)29-33(31,32)21-11-16(5-4-15(21)3)22(30)28-20-12-17(23(25,26)27)6-7-19(20)24/h4-12,29H,1-3H3,(H,28,30). The van der Waals surface area contributed by atoms with E-state index < -0.39 is 27.7 Å². The normalized spacial score (nSPS) is 11.8. The van der Waals surface area contributed by atoms with Crippen LogP contribution in [0.4, 0.5) is 24.5 Å². The number of nitrogens with one attached hydrogen (secondary N) is 2. The minimum atomic E-state index is -4.62. The van der Waals surface area contributed by atoms with Gasteiger partial charge < -0.3 is 5.32 Å². The highest BCUT2D eigenvalue weighted by Crippen LogP contribution is 2.34. The highest BCUT2D eigenvalue weighted by atomic mass is 35.5. The predicted molar refractivity (Wildman–Crippen MR) is 122 cm³/mol. The number of amides is 1. The molecule has 0 aromatic heterocycles. The molecule has 0 aliphatic heterocycles. The zero-order chi connectivity index (χ0) is 24.6. The number of rotatable bonds is 5. The molecule has 3 aromatic carbocycles. The molecule has 0 heterocycles. The summed E-state index contributed by atoms with van der Waals surface area (Å²) in [5.41, 5.74) is 1.22. The van der Waals surface area contributed by atoms with Crippen LogP contribution in [0.3, 0.4) is 0 Å². The van der Waals surface area contributed by atoms with Gasteiger partial charge in [0, 0.05) is 11.3 Å². The van der Waals surface area contributed by atoms with Crippen LogP contribution in [0.2, 0.25) is 5.02 Å². The Kier molecular flexibility index (Phi) is 6.76. The van der Waals surface area contributed by atoms with Crippen LogP contribution in [0.5, 0.6) is 0 Å². The molecule has 3 aromatic rings. The van der Waals surface area contributed by atoms with E-state index in [9.17, 15) is 26.4 Å². The first-order chi connectivity index (χ1) is 15.3. The first-order valence-electron chi connectivity index (χ1n) is 9.66. The molecule has 0 aliphatic rings. The highest BCUT2D eigenvalue weighted by molar-refractivity contribution is 7.92. The zero-order valence-electron chi connectivity index (χ0n) is 17.8. The number of alkyl halides is 3. The average molecular weight is 497 g/mol. The van der Waals surface area contributed by atoms with Crippen LogP contribution in [0.15, 0.2) is 59.5 Å². The van der Waals surface area contributed by atoms with Crippen molar-refractivity contribution in [1.82, 2.24) is 0 Å². The van der Waals surface area contributed by atoms with E-state index in [1.807, 2.05) is 19.9 Å². The van der Waals surface area contributed by atoms with E-state index in [1.165, 1.54) is 12.1 Å². The summed E-state index contributed by atoms with van der Waals surface area (Å²) in [6, 6.07) is 11.8.